The number of hydrogen-bond donors (Lipinski definition) is 1. The van der Waals surface area contributed by atoms with Crippen molar-refractivity contribution in [1.29, 1.82) is 0 Å². The molecule has 0 aliphatic heterocycles. The maximum absolute atomic E-state index is 13.0. The number of halogens is 2. The highest BCUT2D eigenvalue weighted by Gasteiger charge is 2.14. The second-order valence-corrected chi connectivity index (χ2v) is 7.87. The fraction of sp³-hybridized carbons (Fsp3) is 0.120. The van der Waals surface area contributed by atoms with Gasteiger partial charge >= 0.3 is 0 Å². The number of nitrogens with one attached hydrogen (secondary N) is 1. The third-order valence-electron chi connectivity index (χ3n) is 4.80. The Kier molecular flexibility index (Phi) is 6.87. The van der Waals surface area contributed by atoms with Crippen LogP contribution in [-0.4, -0.2) is 19.1 Å². The number of carbonyl (C=O) groups excluding carboxylic acids is 1. The summed E-state index contributed by atoms with van der Waals surface area (Å²) in [4.78, 5) is 25.3. The van der Waals surface area contributed by atoms with Gasteiger partial charge in [-0.2, -0.15) is 0 Å². The molecule has 168 valence electrons. The van der Waals surface area contributed by atoms with Crippen molar-refractivity contribution in [2.24, 2.45) is 0 Å². The molecule has 1 N–H and O–H groups in total. The van der Waals surface area contributed by atoms with E-state index in [0.717, 1.165) is 0 Å². The molecule has 3 aromatic carbocycles. The molecular formula is C25H19Cl2NO5. The smallest absolute Gasteiger partial charge is 0.262 e. The first-order valence-corrected chi connectivity index (χ1v) is 10.9. The van der Waals surface area contributed by atoms with Crippen LogP contribution in [0.5, 0.6) is 11.5 Å². The van der Waals surface area contributed by atoms with Crippen LogP contribution in [0.2, 0.25) is 10.0 Å². The van der Waals surface area contributed by atoms with Gasteiger partial charge in [0, 0.05) is 16.7 Å². The fourth-order valence-electron chi connectivity index (χ4n) is 3.28. The fourth-order valence-corrected chi connectivity index (χ4v) is 3.79. The van der Waals surface area contributed by atoms with E-state index in [1.54, 1.807) is 54.6 Å². The van der Waals surface area contributed by atoms with Gasteiger partial charge in [-0.25, -0.2) is 0 Å². The first kappa shape index (κ1) is 22.7. The van der Waals surface area contributed by atoms with E-state index >= 15 is 0 Å². The minimum Gasteiger partial charge on any atom is -0.492 e. The van der Waals surface area contributed by atoms with Crippen molar-refractivity contribution in [1.82, 2.24) is 0 Å². The number of anilines is 1. The summed E-state index contributed by atoms with van der Waals surface area (Å²) in [6.07, 6.45) is 1.35. The average molecular weight is 484 g/mol. The van der Waals surface area contributed by atoms with Crippen LogP contribution in [0.25, 0.3) is 22.1 Å². The van der Waals surface area contributed by atoms with Gasteiger partial charge in [0.15, 0.2) is 6.61 Å². The molecule has 6 nitrogen and oxygen atoms in total. The van der Waals surface area contributed by atoms with Gasteiger partial charge in [-0.15, -0.1) is 0 Å². The summed E-state index contributed by atoms with van der Waals surface area (Å²) in [6, 6.07) is 16.8. The van der Waals surface area contributed by atoms with E-state index in [1.807, 2.05) is 13.0 Å². The minimum absolute atomic E-state index is 0.228. The topological polar surface area (TPSA) is 77.8 Å². The molecule has 4 aromatic rings. The molecule has 8 heteroatoms. The molecule has 33 heavy (non-hydrogen) atoms. The maximum atomic E-state index is 13.0. The van der Waals surface area contributed by atoms with Crippen molar-refractivity contribution in [2.75, 3.05) is 18.5 Å². The second kappa shape index (κ2) is 9.98. The van der Waals surface area contributed by atoms with Gasteiger partial charge in [0.2, 0.25) is 5.43 Å². The Morgan fingerprint density at radius 3 is 2.61 bits per heavy atom. The second-order valence-electron chi connectivity index (χ2n) is 7.03. The summed E-state index contributed by atoms with van der Waals surface area (Å²) in [5.41, 5.74) is 1.50. The van der Waals surface area contributed by atoms with Crippen LogP contribution < -0.4 is 20.2 Å². The molecule has 0 aliphatic carbocycles. The van der Waals surface area contributed by atoms with Crippen molar-refractivity contribution in [3.63, 3.8) is 0 Å². The molecule has 0 radical (unpaired) electrons. The zero-order valence-corrected chi connectivity index (χ0v) is 19.1. The van der Waals surface area contributed by atoms with Crippen LogP contribution in [0.1, 0.15) is 6.92 Å². The number of benzene rings is 3. The summed E-state index contributed by atoms with van der Waals surface area (Å²) in [6.45, 7) is 2.12. The SMILES string of the molecule is CCOc1ccccc1NC(=O)COc1ccc2c(=O)c(-c3ccc(Cl)cc3Cl)coc2c1. The Labute approximate surface area is 199 Å². The van der Waals surface area contributed by atoms with E-state index in [4.69, 9.17) is 37.1 Å². The third kappa shape index (κ3) is 5.13. The normalized spacial score (nSPS) is 10.8. The number of amides is 1. The molecule has 0 spiro atoms. The lowest BCUT2D eigenvalue weighted by Gasteiger charge is -2.12. The number of para-hydroxylation sites is 2. The lowest BCUT2D eigenvalue weighted by atomic mass is 10.1. The summed E-state index contributed by atoms with van der Waals surface area (Å²) in [7, 11) is 0. The van der Waals surface area contributed by atoms with Gasteiger partial charge in [0.1, 0.15) is 23.3 Å². The number of carbonyl (C=O) groups is 1. The van der Waals surface area contributed by atoms with Crippen LogP contribution in [0.4, 0.5) is 5.69 Å². The summed E-state index contributed by atoms with van der Waals surface area (Å²) >= 11 is 12.2. The van der Waals surface area contributed by atoms with Crippen LogP contribution in [0.15, 0.2) is 76.1 Å². The van der Waals surface area contributed by atoms with Gasteiger partial charge < -0.3 is 19.2 Å². The maximum Gasteiger partial charge on any atom is 0.262 e. The molecule has 0 unspecified atom stereocenters. The third-order valence-corrected chi connectivity index (χ3v) is 5.35. The van der Waals surface area contributed by atoms with Crippen molar-refractivity contribution >= 4 is 45.8 Å². The zero-order chi connectivity index (χ0) is 23.4. The molecular weight excluding hydrogens is 465 g/mol. The quantitative estimate of drug-likeness (QED) is 0.339. The Bertz CT molecular complexity index is 1380. The Morgan fingerprint density at radius 1 is 1.00 bits per heavy atom. The average Bonchev–Trinajstić information content (AvgIpc) is 2.80. The van der Waals surface area contributed by atoms with Gasteiger partial charge in [-0.05, 0) is 43.3 Å². The number of hydrogen-bond acceptors (Lipinski definition) is 5. The van der Waals surface area contributed by atoms with E-state index < -0.39 is 0 Å². The van der Waals surface area contributed by atoms with E-state index in [0.29, 0.717) is 55.9 Å². The van der Waals surface area contributed by atoms with Gasteiger partial charge in [0.05, 0.1) is 28.3 Å². The standard InChI is InChI=1S/C25H19Cl2NO5/c1-2-31-22-6-4-3-5-21(22)28-24(29)14-32-16-8-10-18-23(12-16)33-13-19(25(18)30)17-9-7-15(26)11-20(17)27/h3-13H,2,14H2,1H3,(H,28,29). The van der Waals surface area contributed by atoms with Crippen LogP contribution in [0, 0.1) is 0 Å². The molecule has 1 aromatic heterocycles. The van der Waals surface area contributed by atoms with Crippen LogP contribution in [-0.2, 0) is 4.79 Å². The highest BCUT2D eigenvalue weighted by atomic mass is 35.5. The number of ether oxygens (including phenoxy) is 2. The molecule has 0 saturated heterocycles. The summed E-state index contributed by atoms with van der Waals surface area (Å²) in [5.74, 6) is 0.616. The molecule has 1 amide bonds. The lowest BCUT2D eigenvalue weighted by molar-refractivity contribution is -0.118. The monoisotopic (exact) mass is 483 g/mol. The molecule has 0 saturated carbocycles. The summed E-state index contributed by atoms with van der Waals surface area (Å²) in [5, 5.41) is 3.95. The van der Waals surface area contributed by atoms with Gasteiger partial charge in [-0.1, -0.05) is 41.4 Å². The highest BCUT2D eigenvalue weighted by Crippen LogP contribution is 2.30. The molecule has 0 fully saturated rings. The van der Waals surface area contributed by atoms with E-state index in [1.165, 1.54) is 6.26 Å². The predicted molar refractivity (Wildman–Crippen MR) is 130 cm³/mol. The molecule has 0 bridgehead atoms. The molecule has 0 atom stereocenters. The lowest BCUT2D eigenvalue weighted by Crippen LogP contribution is -2.20. The van der Waals surface area contributed by atoms with Crippen molar-refractivity contribution in [2.45, 2.75) is 6.92 Å². The van der Waals surface area contributed by atoms with Gasteiger partial charge in [0.25, 0.3) is 5.91 Å². The largest absolute Gasteiger partial charge is 0.492 e. The first-order valence-electron chi connectivity index (χ1n) is 10.1. The van der Waals surface area contributed by atoms with Crippen molar-refractivity contribution in [3.05, 3.63) is 87.2 Å². The molecule has 1 heterocycles. The van der Waals surface area contributed by atoms with Crippen molar-refractivity contribution < 1.29 is 18.7 Å². The van der Waals surface area contributed by atoms with E-state index in [9.17, 15) is 9.59 Å². The van der Waals surface area contributed by atoms with Crippen LogP contribution >= 0.6 is 23.2 Å². The predicted octanol–water partition coefficient (Wildman–Crippen LogP) is 6.18. The van der Waals surface area contributed by atoms with Crippen LogP contribution in [0.3, 0.4) is 0 Å². The zero-order valence-electron chi connectivity index (χ0n) is 17.6. The van der Waals surface area contributed by atoms with Crippen molar-refractivity contribution in [3.8, 4) is 22.6 Å². The summed E-state index contributed by atoms with van der Waals surface area (Å²) < 4.78 is 16.7. The Balaban J connectivity index is 1.50. The van der Waals surface area contributed by atoms with E-state index in [-0.39, 0.29) is 17.9 Å². The number of rotatable bonds is 7. The number of fused-ring (bicyclic) bond motifs is 1. The van der Waals surface area contributed by atoms with E-state index in [2.05, 4.69) is 5.32 Å². The molecule has 4 rings (SSSR count). The minimum atomic E-state index is -0.351. The Morgan fingerprint density at radius 2 is 1.82 bits per heavy atom. The van der Waals surface area contributed by atoms with Gasteiger partial charge in [-0.3, -0.25) is 9.59 Å². The highest BCUT2D eigenvalue weighted by molar-refractivity contribution is 6.36. The first-order chi connectivity index (χ1) is 16.0. The Hall–Kier alpha value is -3.48. The molecule has 0 aliphatic rings.